The first-order valence-corrected chi connectivity index (χ1v) is 7.04. The zero-order valence-electron chi connectivity index (χ0n) is 11.0. The van der Waals surface area contributed by atoms with E-state index in [0.29, 0.717) is 5.78 Å². The van der Waals surface area contributed by atoms with Crippen molar-refractivity contribution in [1.82, 2.24) is 0 Å². The highest BCUT2D eigenvalue weighted by Gasteiger charge is 2.46. The van der Waals surface area contributed by atoms with Gasteiger partial charge in [0.25, 0.3) is 0 Å². The number of fused-ring (bicyclic) bond motifs is 1. The molecule has 0 heterocycles. The van der Waals surface area contributed by atoms with Crippen molar-refractivity contribution in [1.29, 1.82) is 0 Å². The number of hydrogen-bond donors (Lipinski definition) is 1. The lowest BCUT2D eigenvalue weighted by Gasteiger charge is -2.36. The fourth-order valence-corrected chi connectivity index (χ4v) is 3.80. The molecule has 2 N–H and O–H groups in total. The smallest absolute Gasteiger partial charge is 0.132 e. The van der Waals surface area contributed by atoms with Crippen LogP contribution in [0.1, 0.15) is 55.3 Å². The molecule has 0 bridgehead atoms. The normalized spacial score (nSPS) is 25.4. The molecule has 2 aliphatic carbocycles. The van der Waals surface area contributed by atoms with Gasteiger partial charge in [0.15, 0.2) is 0 Å². The average molecular weight is 243 g/mol. The van der Waals surface area contributed by atoms with Crippen LogP contribution >= 0.6 is 0 Å². The summed E-state index contributed by atoms with van der Waals surface area (Å²) in [5, 5.41) is 0. The predicted octanol–water partition coefficient (Wildman–Crippen LogP) is 2.93. The summed E-state index contributed by atoms with van der Waals surface area (Å²) in [6, 6.07) is 6.67. The molecule has 1 fully saturated rings. The van der Waals surface area contributed by atoms with Crippen LogP contribution in [0.4, 0.5) is 0 Å². The monoisotopic (exact) mass is 243 g/mol. The first-order chi connectivity index (χ1) is 8.66. The van der Waals surface area contributed by atoms with Gasteiger partial charge in [0.05, 0.1) is 0 Å². The number of ketones is 1. The summed E-state index contributed by atoms with van der Waals surface area (Å²) in [6.07, 6.45) is 5.56. The van der Waals surface area contributed by atoms with Crippen molar-refractivity contribution in [3.8, 4) is 0 Å². The summed E-state index contributed by atoms with van der Waals surface area (Å²) >= 11 is 0. The second kappa shape index (κ2) is 4.20. The molecule has 2 nitrogen and oxygen atoms in total. The molecule has 1 spiro atoms. The van der Waals surface area contributed by atoms with Gasteiger partial charge in [-0.3, -0.25) is 4.79 Å². The lowest BCUT2D eigenvalue weighted by atomic mass is 9.69. The third kappa shape index (κ3) is 1.63. The van der Waals surface area contributed by atoms with Crippen molar-refractivity contribution in [2.45, 2.75) is 51.5 Å². The van der Waals surface area contributed by atoms with E-state index in [0.717, 1.165) is 38.5 Å². The van der Waals surface area contributed by atoms with Crippen LogP contribution in [0.3, 0.4) is 0 Å². The number of benzene rings is 1. The Morgan fingerprint density at radius 1 is 1.33 bits per heavy atom. The molecule has 2 heteroatoms. The minimum absolute atomic E-state index is 0.132. The van der Waals surface area contributed by atoms with Crippen LogP contribution in [0.25, 0.3) is 0 Å². The quantitative estimate of drug-likeness (QED) is 0.824. The highest BCUT2D eigenvalue weighted by atomic mass is 16.1. The molecule has 0 aliphatic heterocycles. The van der Waals surface area contributed by atoms with Crippen LogP contribution in [0, 0.1) is 5.41 Å². The van der Waals surface area contributed by atoms with Crippen molar-refractivity contribution in [3.63, 3.8) is 0 Å². The second-order valence-corrected chi connectivity index (χ2v) is 5.89. The Hall–Kier alpha value is -1.15. The van der Waals surface area contributed by atoms with Gasteiger partial charge in [0.1, 0.15) is 5.78 Å². The van der Waals surface area contributed by atoms with Gasteiger partial charge in [0.2, 0.25) is 0 Å². The Kier molecular flexibility index (Phi) is 2.78. The predicted molar refractivity (Wildman–Crippen MR) is 72.4 cm³/mol. The molecule has 96 valence electrons. The summed E-state index contributed by atoms with van der Waals surface area (Å²) in [5.74, 6) is 0.416. The zero-order valence-corrected chi connectivity index (χ0v) is 11.0. The van der Waals surface area contributed by atoms with Gasteiger partial charge in [-0.2, -0.15) is 0 Å². The maximum Gasteiger partial charge on any atom is 0.132 e. The van der Waals surface area contributed by atoms with E-state index in [-0.39, 0.29) is 11.5 Å². The van der Waals surface area contributed by atoms with E-state index in [2.05, 4.69) is 25.1 Å². The molecule has 0 aromatic heterocycles. The van der Waals surface area contributed by atoms with Gasteiger partial charge in [-0.1, -0.05) is 25.1 Å². The Bertz CT molecular complexity index is 482. The molecular formula is C16H21NO. The van der Waals surface area contributed by atoms with Crippen LogP contribution < -0.4 is 5.73 Å². The van der Waals surface area contributed by atoms with E-state index in [9.17, 15) is 4.79 Å². The SMILES string of the molecule is CCc1cccc2c1CC1(CCC(=O)CC1)C2N. The van der Waals surface area contributed by atoms with Gasteiger partial charge in [-0.05, 0) is 47.8 Å². The summed E-state index contributed by atoms with van der Waals surface area (Å²) in [6.45, 7) is 2.20. The molecule has 18 heavy (non-hydrogen) atoms. The van der Waals surface area contributed by atoms with Gasteiger partial charge in [-0.25, -0.2) is 0 Å². The summed E-state index contributed by atoms with van der Waals surface area (Å²) < 4.78 is 0. The van der Waals surface area contributed by atoms with Gasteiger partial charge in [0, 0.05) is 18.9 Å². The maximum absolute atomic E-state index is 11.5. The number of hydrogen-bond acceptors (Lipinski definition) is 2. The minimum Gasteiger partial charge on any atom is -0.323 e. The minimum atomic E-state index is 0.132. The molecule has 2 aliphatic rings. The van der Waals surface area contributed by atoms with E-state index in [1.807, 2.05) is 0 Å². The van der Waals surface area contributed by atoms with E-state index in [1.54, 1.807) is 0 Å². The molecule has 1 aromatic rings. The number of carbonyl (C=O) groups excluding carboxylic acids is 1. The summed E-state index contributed by atoms with van der Waals surface area (Å²) in [4.78, 5) is 11.5. The van der Waals surface area contributed by atoms with Gasteiger partial charge >= 0.3 is 0 Å². The summed E-state index contributed by atoms with van der Waals surface area (Å²) in [5.41, 5.74) is 10.9. The zero-order chi connectivity index (χ0) is 12.8. The van der Waals surface area contributed by atoms with Gasteiger partial charge < -0.3 is 5.73 Å². The third-order valence-corrected chi connectivity index (χ3v) is 5.02. The number of aryl methyl sites for hydroxylation is 1. The average Bonchev–Trinajstić information content (AvgIpc) is 2.67. The molecule has 1 saturated carbocycles. The number of rotatable bonds is 1. The highest BCUT2D eigenvalue weighted by molar-refractivity contribution is 5.79. The first-order valence-electron chi connectivity index (χ1n) is 7.04. The van der Waals surface area contributed by atoms with Gasteiger partial charge in [-0.15, -0.1) is 0 Å². The highest BCUT2D eigenvalue weighted by Crippen LogP contribution is 2.52. The van der Waals surface area contributed by atoms with E-state index < -0.39 is 0 Å². The largest absolute Gasteiger partial charge is 0.323 e. The molecular weight excluding hydrogens is 222 g/mol. The molecule has 0 saturated heterocycles. The van der Waals surface area contributed by atoms with Crippen molar-refractivity contribution in [2.24, 2.45) is 11.1 Å². The molecule has 0 amide bonds. The summed E-state index contributed by atoms with van der Waals surface area (Å²) in [7, 11) is 0. The topological polar surface area (TPSA) is 43.1 Å². The molecule has 1 aromatic carbocycles. The number of Topliss-reactive ketones (excluding diaryl/α,β-unsaturated/α-hetero) is 1. The van der Waals surface area contributed by atoms with Crippen LogP contribution in [0.15, 0.2) is 18.2 Å². The Labute approximate surface area is 109 Å². The lowest BCUT2D eigenvalue weighted by Crippen LogP contribution is -2.35. The number of nitrogens with two attached hydrogens (primary N) is 1. The Morgan fingerprint density at radius 3 is 2.72 bits per heavy atom. The van der Waals surface area contributed by atoms with Crippen molar-refractivity contribution in [2.75, 3.05) is 0 Å². The van der Waals surface area contributed by atoms with E-state index in [1.165, 1.54) is 16.7 Å². The Balaban J connectivity index is 1.98. The van der Waals surface area contributed by atoms with Crippen molar-refractivity contribution < 1.29 is 4.79 Å². The van der Waals surface area contributed by atoms with Crippen molar-refractivity contribution in [3.05, 3.63) is 34.9 Å². The standard InChI is InChI=1S/C16H21NO/c1-2-11-4-3-5-13-14(11)10-16(15(13)17)8-6-12(18)7-9-16/h3-5,15H,2,6-10,17H2,1H3. The Morgan fingerprint density at radius 2 is 2.06 bits per heavy atom. The lowest BCUT2D eigenvalue weighted by molar-refractivity contribution is -0.122. The van der Waals surface area contributed by atoms with Crippen LogP contribution in [0.5, 0.6) is 0 Å². The molecule has 0 radical (unpaired) electrons. The van der Waals surface area contributed by atoms with Crippen molar-refractivity contribution >= 4 is 5.78 Å². The maximum atomic E-state index is 11.5. The molecule has 3 rings (SSSR count). The number of carbonyl (C=O) groups is 1. The second-order valence-electron chi connectivity index (χ2n) is 5.89. The third-order valence-electron chi connectivity index (χ3n) is 5.02. The first kappa shape index (κ1) is 11.9. The fourth-order valence-electron chi connectivity index (χ4n) is 3.80. The molecule has 1 atom stereocenters. The van der Waals surface area contributed by atoms with E-state index >= 15 is 0 Å². The van der Waals surface area contributed by atoms with Crippen LogP contribution in [-0.4, -0.2) is 5.78 Å². The van der Waals surface area contributed by atoms with E-state index in [4.69, 9.17) is 5.73 Å². The molecule has 1 unspecified atom stereocenters. The van der Waals surface area contributed by atoms with Crippen LogP contribution in [0.2, 0.25) is 0 Å². The van der Waals surface area contributed by atoms with Crippen LogP contribution in [-0.2, 0) is 17.6 Å². The fraction of sp³-hybridized carbons (Fsp3) is 0.562.